The molecule has 1 aromatic carbocycles. The smallest absolute Gasteiger partial charge is 0.243 e. The lowest BCUT2D eigenvalue weighted by Gasteiger charge is -2.26. The number of halogens is 1. The van der Waals surface area contributed by atoms with Crippen molar-refractivity contribution in [2.24, 2.45) is 0 Å². The molecule has 0 aromatic heterocycles. The van der Waals surface area contributed by atoms with Crippen molar-refractivity contribution in [3.8, 4) is 5.75 Å². The second-order valence-electron chi connectivity index (χ2n) is 4.04. The van der Waals surface area contributed by atoms with E-state index in [1.54, 1.807) is 18.2 Å². The average Bonchev–Trinajstić information content (AvgIpc) is 2.42. The molecule has 0 bridgehead atoms. The number of sulfonamides is 1. The van der Waals surface area contributed by atoms with E-state index in [2.05, 4.69) is 15.9 Å². The zero-order valence-electron chi connectivity index (χ0n) is 10.6. The number of morpholine rings is 1. The highest BCUT2D eigenvalue weighted by atomic mass is 79.9. The molecule has 1 heterocycles. The Kier molecular flexibility index (Phi) is 4.83. The molecule has 7 heteroatoms. The van der Waals surface area contributed by atoms with Crippen LogP contribution in [0.5, 0.6) is 5.75 Å². The van der Waals surface area contributed by atoms with Crippen molar-refractivity contribution in [1.82, 2.24) is 4.31 Å². The summed E-state index contributed by atoms with van der Waals surface area (Å²) in [5.74, 6) is 0.539. The molecule has 1 aliphatic heterocycles. The Morgan fingerprint density at radius 1 is 1.37 bits per heavy atom. The summed E-state index contributed by atoms with van der Waals surface area (Å²) >= 11 is 3.34. The molecule has 0 saturated carbocycles. The number of ether oxygens (including phenoxy) is 2. The van der Waals surface area contributed by atoms with Gasteiger partial charge in [0.2, 0.25) is 10.0 Å². The highest BCUT2D eigenvalue weighted by Crippen LogP contribution is 2.29. The Labute approximate surface area is 121 Å². The van der Waals surface area contributed by atoms with Crippen molar-refractivity contribution < 1.29 is 17.9 Å². The average molecular weight is 350 g/mol. The van der Waals surface area contributed by atoms with Gasteiger partial charge >= 0.3 is 0 Å². The van der Waals surface area contributed by atoms with E-state index in [0.717, 1.165) is 4.47 Å². The Balaban J connectivity index is 2.31. The van der Waals surface area contributed by atoms with Crippen LogP contribution in [0.3, 0.4) is 0 Å². The van der Waals surface area contributed by atoms with E-state index in [-0.39, 0.29) is 4.90 Å². The monoisotopic (exact) mass is 349 g/mol. The van der Waals surface area contributed by atoms with E-state index in [1.165, 1.54) is 4.31 Å². The summed E-state index contributed by atoms with van der Waals surface area (Å²) < 4.78 is 37.7. The highest BCUT2D eigenvalue weighted by Gasteiger charge is 2.26. The van der Waals surface area contributed by atoms with E-state index >= 15 is 0 Å². The second-order valence-corrected chi connectivity index (χ2v) is 6.83. The first-order chi connectivity index (χ1) is 9.05. The number of rotatable bonds is 4. The first-order valence-corrected chi connectivity index (χ1v) is 8.29. The summed E-state index contributed by atoms with van der Waals surface area (Å²) in [6, 6.07) is 4.83. The summed E-state index contributed by atoms with van der Waals surface area (Å²) in [6.45, 7) is 4.00. The Morgan fingerprint density at radius 2 is 2.05 bits per heavy atom. The van der Waals surface area contributed by atoms with E-state index in [9.17, 15) is 8.42 Å². The molecular formula is C12H16BrNO4S. The van der Waals surface area contributed by atoms with Crippen LogP contribution in [0, 0.1) is 0 Å². The molecule has 1 aromatic rings. The maximum atomic E-state index is 12.5. The molecule has 0 atom stereocenters. The molecule has 1 fully saturated rings. The molecule has 5 nitrogen and oxygen atoms in total. The van der Waals surface area contributed by atoms with Crippen molar-refractivity contribution in [2.75, 3.05) is 32.9 Å². The molecule has 2 rings (SSSR count). The summed E-state index contributed by atoms with van der Waals surface area (Å²) in [6.07, 6.45) is 0. The molecule has 106 valence electrons. The zero-order valence-corrected chi connectivity index (χ0v) is 13.0. The summed E-state index contributed by atoms with van der Waals surface area (Å²) in [5.41, 5.74) is 0. The third kappa shape index (κ3) is 3.28. The van der Waals surface area contributed by atoms with Crippen molar-refractivity contribution >= 4 is 26.0 Å². The number of benzene rings is 1. The fourth-order valence-electron chi connectivity index (χ4n) is 1.85. The Morgan fingerprint density at radius 3 is 2.68 bits per heavy atom. The van der Waals surface area contributed by atoms with Gasteiger partial charge in [-0.1, -0.05) is 0 Å². The predicted octanol–water partition coefficient (Wildman–Crippen LogP) is 1.87. The van der Waals surface area contributed by atoms with E-state index in [0.29, 0.717) is 38.7 Å². The third-order valence-electron chi connectivity index (χ3n) is 2.81. The van der Waals surface area contributed by atoms with Gasteiger partial charge in [0, 0.05) is 19.2 Å². The summed E-state index contributed by atoms with van der Waals surface area (Å²) in [4.78, 5) is 0.251. The van der Waals surface area contributed by atoms with Gasteiger partial charge in [-0.3, -0.25) is 0 Å². The minimum Gasteiger partial charge on any atom is -0.493 e. The van der Waals surface area contributed by atoms with Crippen LogP contribution < -0.4 is 4.74 Å². The van der Waals surface area contributed by atoms with Gasteiger partial charge in [0.1, 0.15) is 5.75 Å². The van der Waals surface area contributed by atoms with Crippen LogP contribution in [0.2, 0.25) is 0 Å². The topological polar surface area (TPSA) is 55.8 Å². The van der Waals surface area contributed by atoms with Crippen LogP contribution >= 0.6 is 15.9 Å². The molecule has 0 amide bonds. The largest absolute Gasteiger partial charge is 0.493 e. The van der Waals surface area contributed by atoms with Crippen LogP contribution in [0.1, 0.15) is 6.92 Å². The van der Waals surface area contributed by atoms with Gasteiger partial charge < -0.3 is 9.47 Å². The Bertz CT molecular complexity index is 541. The molecule has 19 heavy (non-hydrogen) atoms. The van der Waals surface area contributed by atoms with Crippen molar-refractivity contribution in [3.63, 3.8) is 0 Å². The lowest BCUT2D eigenvalue weighted by molar-refractivity contribution is 0.0730. The number of nitrogens with zero attached hydrogens (tertiary/aromatic N) is 1. The normalized spacial score (nSPS) is 17.4. The molecule has 0 aliphatic carbocycles. The summed E-state index contributed by atoms with van der Waals surface area (Å²) in [7, 11) is -3.47. The van der Waals surface area contributed by atoms with Gasteiger partial charge in [0.05, 0.1) is 29.2 Å². The molecule has 0 spiro atoms. The van der Waals surface area contributed by atoms with Gasteiger partial charge in [-0.05, 0) is 35.0 Å². The van der Waals surface area contributed by atoms with Gasteiger partial charge in [0.15, 0.2) is 0 Å². The fourth-order valence-corrected chi connectivity index (χ4v) is 3.63. The van der Waals surface area contributed by atoms with Gasteiger partial charge in [-0.2, -0.15) is 4.31 Å². The fraction of sp³-hybridized carbons (Fsp3) is 0.500. The first kappa shape index (κ1) is 14.8. The van der Waals surface area contributed by atoms with Crippen LogP contribution in [0.15, 0.2) is 27.6 Å². The second kappa shape index (κ2) is 6.21. The van der Waals surface area contributed by atoms with Crippen LogP contribution in [0.4, 0.5) is 0 Å². The van der Waals surface area contributed by atoms with Crippen LogP contribution in [-0.2, 0) is 14.8 Å². The minimum atomic E-state index is -3.47. The lowest BCUT2D eigenvalue weighted by Crippen LogP contribution is -2.40. The Hall–Kier alpha value is -0.630. The maximum Gasteiger partial charge on any atom is 0.243 e. The lowest BCUT2D eigenvalue weighted by atomic mass is 10.3. The number of hydrogen-bond donors (Lipinski definition) is 0. The molecular weight excluding hydrogens is 334 g/mol. The summed E-state index contributed by atoms with van der Waals surface area (Å²) in [5, 5.41) is 0. The molecule has 0 unspecified atom stereocenters. The predicted molar refractivity (Wildman–Crippen MR) is 74.9 cm³/mol. The van der Waals surface area contributed by atoms with Gasteiger partial charge in [-0.15, -0.1) is 0 Å². The first-order valence-electron chi connectivity index (χ1n) is 6.06. The minimum absolute atomic E-state index is 0.251. The van der Waals surface area contributed by atoms with Crippen LogP contribution in [0.25, 0.3) is 0 Å². The van der Waals surface area contributed by atoms with Crippen molar-refractivity contribution in [3.05, 3.63) is 22.7 Å². The highest BCUT2D eigenvalue weighted by molar-refractivity contribution is 9.10. The van der Waals surface area contributed by atoms with E-state index in [1.807, 2.05) is 6.92 Å². The van der Waals surface area contributed by atoms with Gasteiger partial charge in [0.25, 0.3) is 0 Å². The van der Waals surface area contributed by atoms with Gasteiger partial charge in [-0.25, -0.2) is 8.42 Å². The zero-order chi connectivity index (χ0) is 13.9. The third-order valence-corrected chi connectivity index (χ3v) is 5.36. The van der Waals surface area contributed by atoms with Crippen LogP contribution in [-0.4, -0.2) is 45.6 Å². The van der Waals surface area contributed by atoms with Crippen molar-refractivity contribution in [2.45, 2.75) is 11.8 Å². The SMILES string of the molecule is CCOc1cc(S(=O)(=O)N2CCOCC2)ccc1Br. The van der Waals surface area contributed by atoms with Crippen molar-refractivity contribution in [1.29, 1.82) is 0 Å². The maximum absolute atomic E-state index is 12.5. The standard InChI is InChI=1S/C12H16BrNO4S/c1-2-18-12-9-10(3-4-11(12)13)19(15,16)14-5-7-17-8-6-14/h3-4,9H,2,5-8H2,1H3. The molecule has 0 N–H and O–H groups in total. The molecule has 1 saturated heterocycles. The quantitative estimate of drug-likeness (QED) is 0.832. The van der Waals surface area contributed by atoms with E-state index < -0.39 is 10.0 Å². The molecule has 1 aliphatic rings. The number of hydrogen-bond acceptors (Lipinski definition) is 4. The molecule has 0 radical (unpaired) electrons. The van der Waals surface area contributed by atoms with E-state index in [4.69, 9.17) is 9.47 Å².